The fourth-order valence-electron chi connectivity index (χ4n) is 2.06. The van der Waals surface area contributed by atoms with Gasteiger partial charge in [-0.1, -0.05) is 50.6 Å². The normalized spacial score (nSPS) is 11.9. The molecule has 2 unspecified atom stereocenters. The predicted molar refractivity (Wildman–Crippen MR) is 101 cm³/mol. The Morgan fingerprint density at radius 2 is 0.857 bits per heavy atom. The third-order valence-corrected chi connectivity index (χ3v) is 3.28. The largest absolute Gasteiger partial charge is 0.461 e. The Labute approximate surface area is 164 Å². The van der Waals surface area contributed by atoms with E-state index in [1.165, 1.54) is 24.3 Å². The lowest BCUT2D eigenvalue weighted by molar-refractivity contribution is -0.166. The standard InChI is InChI=1S/C20H26O8/c1-5-9-25-17(21)13-15(19(23)27-11-7-3)16(20(24)28-12-8-4)14-18(22)26-10-6-2/h5-8,15-16H,1-4,9-14H2. The van der Waals surface area contributed by atoms with Gasteiger partial charge in [0.25, 0.3) is 0 Å². The quantitative estimate of drug-likeness (QED) is 0.236. The molecular formula is C20H26O8. The zero-order valence-electron chi connectivity index (χ0n) is 15.8. The highest BCUT2D eigenvalue weighted by Gasteiger charge is 2.39. The second-order valence-electron chi connectivity index (χ2n) is 5.40. The van der Waals surface area contributed by atoms with Crippen LogP contribution in [0, 0.1) is 11.8 Å². The summed E-state index contributed by atoms with van der Waals surface area (Å²) in [5.41, 5.74) is 0. The van der Waals surface area contributed by atoms with Crippen LogP contribution in [0.1, 0.15) is 12.8 Å². The Hall–Kier alpha value is -3.16. The highest BCUT2D eigenvalue weighted by Crippen LogP contribution is 2.25. The van der Waals surface area contributed by atoms with Crippen LogP contribution in [-0.2, 0) is 38.1 Å². The predicted octanol–water partition coefficient (Wildman–Crippen LogP) is 1.92. The molecule has 0 aromatic heterocycles. The number of carbonyl (C=O) groups is 4. The molecule has 0 rings (SSSR count). The van der Waals surface area contributed by atoms with Crippen molar-refractivity contribution in [1.29, 1.82) is 0 Å². The highest BCUT2D eigenvalue weighted by atomic mass is 16.5. The molecule has 2 atom stereocenters. The van der Waals surface area contributed by atoms with Crippen molar-refractivity contribution in [1.82, 2.24) is 0 Å². The van der Waals surface area contributed by atoms with Crippen molar-refractivity contribution in [2.75, 3.05) is 26.4 Å². The Bertz CT molecular complexity index is 541. The van der Waals surface area contributed by atoms with Gasteiger partial charge in [-0.05, 0) is 0 Å². The van der Waals surface area contributed by atoms with Crippen LogP contribution < -0.4 is 0 Å². The fourth-order valence-corrected chi connectivity index (χ4v) is 2.06. The van der Waals surface area contributed by atoms with Crippen molar-refractivity contribution in [3.8, 4) is 0 Å². The Morgan fingerprint density at radius 1 is 0.571 bits per heavy atom. The second kappa shape index (κ2) is 15.0. The molecule has 0 aliphatic heterocycles. The van der Waals surface area contributed by atoms with Crippen molar-refractivity contribution >= 4 is 23.9 Å². The van der Waals surface area contributed by atoms with Crippen LogP contribution in [0.3, 0.4) is 0 Å². The van der Waals surface area contributed by atoms with Crippen molar-refractivity contribution in [2.24, 2.45) is 11.8 Å². The number of hydrogen-bond acceptors (Lipinski definition) is 8. The van der Waals surface area contributed by atoms with E-state index in [4.69, 9.17) is 18.9 Å². The van der Waals surface area contributed by atoms with Gasteiger partial charge in [-0.25, -0.2) is 0 Å². The first-order valence-electron chi connectivity index (χ1n) is 8.49. The van der Waals surface area contributed by atoms with E-state index < -0.39 is 48.6 Å². The topological polar surface area (TPSA) is 105 Å². The Morgan fingerprint density at radius 3 is 1.14 bits per heavy atom. The third kappa shape index (κ3) is 10.1. The minimum Gasteiger partial charge on any atom is -0.461 e. The van der Waals surface area contributed by atoms with Gasteiger partial charge in [-0.3, -0.25) is 19.2 Å². The summed E-state index contributed by atoms with van der Waals surface area (Å²) in [7, 11) is 0. The van der Waals surface area contributed by atoms with E-state index in [0.717, 1.165) is 0 Å². The lowest BCUT2D eigenvalue weighted by Gasteiger charge is -2.23. The molecule has 154 valence electrons. The van der Waals surface area contributed by atoms with Crippen LogP contribution in [0.4, 0.5) is 0 Å². The maximum absolute atomic E-state index is 12.4. The first-order chi connectivity index (χ1) is 13.4. The molecule has 8 nitrogen and oxygen atoms in total. The zero-order chi connectivity index (χ0) is 21.4. The second-order valence-corrected chi connectivity index (χ2v) is 5.40. The number of esters is 4. The Balaban J connectivity index is 5.58. The summed E-state index contributed by atoms with van der Waals surface area (Å²) in [6, 6.07) is 0. The van der Waals surface area contributed by atoms with E-state index in [1.54, 1.807) is 0 Å². The summed E-state index contributed by atoms with van der Waals surface area (Å²) in [4.78, 5) is 48.9. The van der Waals surface area contributed by atoms with Gasteiger partial charge in [0.1, 0.15) is 26.4 Å². The molecule has 0 fully saturated rings. The van der Waals surface area contributed by atoms with Gasteiger partial charge in [0.15, 0.2) is 0 Å². The molecule has 8 heteroatoms. The lowest BCUT2D eigenvalue weighted by atomic mass is 9.86. The van der Waals surface area contributed by atoms with Gasteiger partial charge in [-0.2, -0.15) is 0 Å². The van der Waals surface area contributed by atoms with Gasteiger partial charge in [-0.15, -0.1) is 0 Å². The van der Waals surface area contributed by atoms with Crippen LogP contribution in [0.2, 0.25) is 0 Å². The van der Waals surface area contributed by atoms with Gasteiger partial charge in [0, 0.05) is 0 Å². The summed E-state index contributed by atoms with van der Waals surface area (Å²) >= 11 is 0. The summed E-state index contributed by atoms with van der Waals surface area (Å²) in [5, 5.41) is 0. The smallest absolute Gasteiger partial charge is 0.310 e. The van der Waals surface area contributed by atoms with Gasteiger partial charge in [0.05, 0.1) is 24.7 Å². The van der Waals surface area contributed by atoms with Crippen LogP contribution in [0.15, 0.2) is 50.6 Å². The highest BCUT2D eigenvalue weighted by molar-refractivity contribution is 5.88. The van der Waals surface area contributed by atoms with Crippen LogP contribution in [0.5, 0.6) is 0 Å². The summed E-state index contributed by atoms with van der Waals surface area (Å²) < 4.78 is 19.7. The minimum absolute atomic E-state index is 0.0692. The maximum atomic E-state index is 12.4. The molecule has 0 aliphatic rings. The molecule has 0 aromatic carbocycles. The zero-order valence-corrected chi connectivity index (χ0v) is 15.8. The van der Waals surface area contributed by atoms with Crippen LogP contribution >= 0.6 is 0 Å². The van der Waals surface area contributed by atoms with Gasteiger partial charge in [0.2, 0.25) is 0 Å². The van der Waals surface area contributed by atoms with E-state index in [1.807, 2.05) is 0 Å². The first kappa shape index (κ1) is 24.8. The molecule has 0 amide bonds. The molecule has 0 saturated carbocycles. The number of hydrogen-bond donors (Lipinski definition) is 0. The van der Waals surface area contributed by atoms with E-state index in [0.29, 0.717) is 0 Å². The average molecular weight is 394 g/mol. The summed E-state index contributed by atoms with van der Waals surface area (Å²) in [5.74, 6) is -5.89. The van der Waals surface area contributed by atoms with Crippen LogP contribution in [0.25, 0.3) is 0 Å². The monoisotopic (exact) mass is 394 g/mol. The Kier molecular flexibility index (Phi) is 13.3. The summed E-state index contributed by atoms with van der Waals surface area (Å²) in [6.45, 7) is 13.3. The summed E-state index contributed by atoms with van der Waals surface area (Å²) in [6.07, 6.45) is 4.37. The lowest BCUT2D eigenvalue weighted by Crippen LogP contribution is -2.36. The third-order valence-electron chi connectivity index (χ3n) is 3.28. The molecule has 0 bridgehead atoms. The van der Waals surface area contributed by atoms with Gasteiger partial charge >= 0.3 is 23.9 Å². The number of rotatable bonds is 15. The van der Waals surface area contributed by atoms with Crippen molar-refractivity contribution in [3.05, 3.63) is 50.6 Å². The average Bonchev–Trinajstić information content (AvgIpc) is 2.69. The fraction of sp³-hybridized carbons (Fsp3) is 0.400. The minimum atomic E-state index is -1.31. The molecule has 0 saturated heterocycles. The maximum Gasteiger partial charge on any atom is 0.310 e. The van der Waals surface area contributed by atoms with Crippen molar-refractivity contribution < 1.29 is 38.1 Å². The van der Waals surface area contributed by atoms with Crippen molar-refractivity contribution in [3.63, 3.8) is 0 Å². The molecule has 0 heterocycles. The van der Waals surface area contributed by atoms with Crippen LogP contribution in [-0.4, -0.2) is 50.3 Å². The first-order valence-corrected chi connectivity index (χ1v) is 8.49. The molecule has 0 spiro atoms. The SMILES string of the molecule is C=CCOC(=O)CC(C(=O)OCC=C)C(CC(=O)OCC=C)C(=O)OCC=C. The molecular weight excluding hydrogens is 368 g/mol. The molecule has 0 aliphatic carbocycles. The molecule has 0 aromatic rings. The van der Waals surface area contributed by atoms with Crippen molar-refractivity contribution in [2.45, 2.75) is 12.8 Å². The van der Waals surface area contributed by atoms with Gasteiger partial charge < -0.3 is 18.9 Å². The van der Waals surface area contributed by atoms with E-state index >= 15 is 0 Å². The number of carbonyl (C=O) groups excluding carboxylic acids is 4. The molecule has 0 radical (unpaired) electrons. The van der Waals surface area contributed by atoms with E-state index in [2.05, 4.69) is 26.3 Å². The van der Waals surface area contributed by atoms with E-state index in [9.17, 15) is 19.2 Å². The number of ether oxygens (including phenoxy) is 4. The molecule has 0 N–H and O–H groups in total. The van der Waals surface area contributed by atoms with E-state index in [-0.39, 0.29) is 26.4 Å². The molecule has 28 heavy (non-hydrogen) atoms.